The van der Waals surface area contributed by atoms with Crippen molar-refractivity contribution in [3.05, 3.63) is 41.9 Å². The van der Waals surface area contributed by atoms with E-state index in [0.29, 0.717) is 23.2 Å². The van der Waals surface area contributed by atoms with Gasteiger partial charge in [-0.2, -0.15) is 0 Å². The Hall–Kier alpha value is -3.12. The van der Waals surface area contributed by atoms with Gasteiger partial charge in [-0.15, -0.1) is 0 Å². The minimum atomic E-state index is -2.72. The van der Waals surface area contributed by atoms with Crippen LogP contribution in [0.15, 0.2) is 39.7 Å². The van der Waals surface area contributed by atoms with Crippen molar-refractivity contribution in [3.63, 3.8) is 0 Å². The number of benzene rings is 1. The number of aryl methyl sites for hydroxylation is 1. The van der Waals surface area contributed by atoms with E-state index in [1.165, 1.54) is 0 Å². The van der Waals surface area contributed by atoms with Crippen molar-refractivity contribution in [1.29, 1.82) is 0 Å². The van der Waals surface area contributed by atoms with Gasteiger partial charge in [-0.1, -0.05) is 13.0 Å². The molecule has 154 valence electrons. The van der Waals surface area contributed by atoms with E-state index >= 15 is 0 Å². The number of phenolic OH excluding ortho intramolecular Hbond substituents is 1. The molecular weight excluding hydrogens is 393 g/mol. The zero-order valence-electron chi connectivity index (χ0n) is 16.6. The second-order valence-electron chi connectivity index (χ2n) is 7.02. The molecule has 1 aromatic carbocycles. The van der Waals surface area contributed by atoms with Crippen LogP contribution in [-0.4, -0.2) is 39.3 Å². The monoisotopic (exact) mass is 417 g/mol. The van der Waals surface area contributed by atoms with Gasteiger partial charge in [-0.3, -0.25) is 4.98 Å². The minimum absolute atomic E-state index is 0.0642. The van der Waals surface area contributed by atoms with Gasteiger partial charge in [0.1, 0.15) is 30.1 Å². The Morgan fingerprint density at radius 1 is 1.17 bits per heavy atom. The van der Waals surface area contributed by atoms with E-state index in [1.807, 2.05) is 19.9 Å². The summed E-state index contributed by atoms with van der Waals surface area (Å²) in [5.41, 5.74) is 0.935. The van der Waals surface area contributed by atoms with Crippen molar-refractivity contribution in [2.24, 2.45) is 4.99 Å². The van der Waals surface area contributed by atoms with Crippen LogP contribution >= 0.6 is 7.14 Å². The summed E-state index contributed by atoms with van der Waals surface area (Å²) < 4.78 is 18.0. The van der Waals surface area contributed by atoms with E-state index in [4.69, 9.17) is 4.42 Å². The molecule has 0 spiro atoms. The highest BCUT2D eigenvalue weighted by atomic mass is 31.2. The molecule has 0 amide bonds. The molecule has 3 rings (SSSR count). The molecular formula is C20H24N3O5P. The van der Waals surface area contributed by atoms with Crippen LogP contribution in [0.3, 0.4) is 0 Å². The number of para-hydroxylation sites is 1. The maximum atomic E-state index is 12.4. The van der Waals surface area contributed by atoms with Gasteiger partial charge in [-0.25, -0.2) is 4.99 Å². The quantitative estimate of drug-likeness (QED) is 0.227. The number of aromatic hydroxyl groups is 3. The molecule has 0 bridgehead atoms. The maximum Gasteiger partial charge on any atom is 0.220 e. The minimum Gasteiger partial charge on any atom is -0.505 e. The number of nitrogens with one attached hydrogen (secondary N) is 2. The third-order valence-corrected chi connectivity index (χ3v) is 5.92. The second kappa shape index (κ2) is 7.72. The van der Waals surface area contributed by atoms with Crippen LogP contribution in [-0.2, 0) is 4.57 Å². The molecule has 0 aliphatic heterocycles. The van der Waals surface area contributed by atoms with E-state index in [0.717, 1.165) is 5.76 Å². The summed E-state index contributed by atoms with van der Waals surface area (Å²) in [5.74, 6) is 0.401. The van der Waals surface area contributed by atoms with Gasteiger partial charge in [-0.05, 0) is 50.9 Å². The van der Waals surface area contributed by atoms with Gasteiger partial charge in [0.15, 0.2) is 5.69 Å². The molecule has 0 atom stereocenters. The number of nitrogens with zero attached hydrogens (tertiary/aromatic N) is 1. The van der Waals surface area contributed by atoms with E-state index in [2.05, 4.69) is 15.3 Å². The number of anilines is 2. The van der Waals surface area contributed by atoms with Gasteiger partial charge in [0, 0.05) is 0 Å². The Balaban J connectivity index is 2.07. The fourth-order valence-corrected chi connectivity index (χ4v) is 4.00. The largest absolute Gasteiger partial charge is 0.505 e. The number of hydrogen-bond donors (Lipinski definition) is 5. The van der Waals surface area contributed by atoms with Crippen LogP contribution in [0.4, 0.5) is 17.1 Å². The Bertz CT molecular complexity index is 1120. The van der Waals surface area contributed by atoms with Crippen LogP contribution in [0, 0.1) is 6.92 Å². The van der Waals surface area contributed by atoms with Crippen molar-refractivity contribution >= 4 is 35.2 Å². The predicted octanol–water partition coefficient (Wildman–Crippen LogP) is 4.56. The molecule has 0 radical (unpaired) electrons. The highest BCUT2D eigenvalue weighted by molar-refractivity contribution is 7.70. The van der Waals surface area contributed by atoms with E-state index < -0.39 is 7.14 Å². The van der Waals surface area contributed by atoms with Crippen LogP contribution in [0.1, 0.15) is 24.9 Å². The first kappa shape index (κ1) is 20.6. The van der Waals surface area contributed by atoms with Crippen molar-refractivity contribution in [1.82, 2.24) is 4.98 Å². The Labute approximate surface area is 168 Å². The van der Waals surface area contributed by atoms with Gasteiger partial charge < -0.3 is 29.6 Å². The van der Waals surface area contributed by atoms with Crippen molar-refractivity contribution in [2.75, 3.05) is 18.6 Å². The third kappa shape index (κ3) is 4.17. The number of aromatic amines is 1. The first-order chi connectivity index (χ1) is 13.6. The van der Waals surface area contributed by atoms with Crippen molar-refractivity contribution < 1.29 is 24.3 Å². The number of aliphatic imine (C=N–C) groups is 1. The van der Waals surface area contributed by atoms with E-state index in [-0.39, 0.29) is 34.6 Å². The lowest BCUT2D eigenvalue weighted by Crippen LogP contribution is -2.05. The molecule has 3 aromatic rings. The number of H-pyrrole nitrogens is 1. The van der Waals surface area contributed by atoms with Gasteiger partial charge >= 0.3 is 0 Å². The first-order valence-electron chi connectivity index (χ1n) is 9.04. The summed E-state index contributed by atoms with van der Waals surface area (Å²) in [6.07, 6.45) is 0.521. The summed E-state index contributed by atoms with van der Waals surface area (Å²) >= 11 is 0. The molecule has 0 unspecified atom stereocenters. The molecule has 2 aromatic heterocycles. The lowest BCUT2D eigenvalue weighted by Gasteiger charge is -2.14. The summed E-state index contributed by atoms with van der Waals surface area (Å²) in [7, 11) is -2.72. The van der Waals surface area contributed by atoms with E-state index in [1.54, 1.807) is 37.6 Å². The van der Waals surface area contributed by atoms with Crippen molar-refractivity contribution in [3.8, 4) is 17.5 Å². The van der Waals surface area contributed by atoms with Gasteiger partial charge in [0.2, 0.25) is 11.8 Å². The normalized spacial score (nSPS) is 12.3. The van der Waals surface area contributed by atoms with Crippen LogP contribution in [0.2, 0.25) is 0 Å². The number of phenols is 1. The van der Waals surface area contributed by atoms with E-state index in [9.17, 15) is 19.9 Å². The van der Waals surface area contributed by atoms with Crippen LogP contribution in [0.5, 0.6) is 17.5 Å². The molecule has 29 heavy (non-hydrogen) atoms. The average molecular weight is 417 g/mol. The molecule has 0 aliphatic rings. The highest BCUT2D eigenvalue weighted by Crippen LogP contribution is 2.46. The molecule has 9 heteroatoms. The lowest BCUT2D eigenvalue weighted by molar-refractivity contribution is 0.426. The highest BCUT2D eigenvalue weighted by Gasteiger charge is 2.22. The number of furan rings is 1. The SMILES string of the molecule is CCC(=Nc1c(O)[nH]c(O)c1Nc1cccc(P(C)(C)=O)c1O)c1ccc(C)o1. The lowest BCUT2D eigenvalue weighted by atomic mass is 10.2. The molecule has 2 heterocycles. The maximum absolute atomic E-state index is 12.4. The number of hydrogen-bond acceptors (Lipinski definition) is 7. The molecule has 0 aliphatic carbocycles. The fraction of sp³-hybridized carbons (Fsp3) is 0.250. The fourth-order valence-electron chi connectivity index (χ4n) is 2.93. The Morgan fingerprint density at radius 3 is 2.48 bits per heavy atom. The zero-order valence-corrected chi connectivity index (χ0v) is 17.5. The standard InChI is InChI=1S/C20H24N3O5P/c1-5-12(14-10-9-11(2)28-14)21-16-17(20(26)23-19(16)25)22-13-7-6-8-15(18(13)24)29(3,4)27/h6-10,22-26H,5H2,1-4H3. The molecule has 0 saturated heterocycles. The summed E-state index contributed by atoms with van der Waals surface area (Å²) in [6, 6.07) is 8.40. The number of rotatable bonds is 6. The van der Waals surface area contributed by atoms with Gasteiger partial charge in [0.05, 0.1) is 16.7 Å². The van der Waals surface area contributed by atoms with Gasteiger partial charge in [0.25, 0.3) is 0 Å². The summed E-state index contributed by atoms with van der Waals surface area (Å²) in [5, 5.41) is 34.2. The molecule has 0 saturated carbocycles. The van der Waals surface area contributed by atoms with Crippen molar-refractivity contribution in [2.45, 2.75) is 20.3 Å². The predicted molar refractivity (Wildman–Crippen MR) is 115 cm³/mol. The van der Waals surface area contributed by atoms with Crippen LogP contribution < -0.4 is 10.6 Å². The summed E-state index contributed by atoms with van der Waals surface area (Å²) in [6.45, 7) is 6.82. The first-order valence-corrected chi connectivity index (χ1v) is 11.6. The molecule has 8 nitrogen and oxygen atoms in total. The van der Waals surface area contributed by atoms with Crippen LogP contribution in [0.25, 0.3) is 0 Å². The average Bonchev–Trinajstić information content (AvgIpc) is 3.17. The topological polar surface area (TPSA) is 131 Å². The Kier molecular flexibility index (Phi) is 5.48. The molecule has 0 fully saturated rings. The zero-order chi connectivity index (χ0) is 21.3. The molecule has 5 N–H and O–H groups in total. The third-order valence-electron chi connectivity index (χ3n) is 4.40. The smallest absolute Gasteiger partial charge is 0.220 e. The Morgan fingerprint density at radius 2 is 1.90 bits per heavy atom. The number of aromatic nitrogens is 1. The second-order valence-corrected chi connectivity index (χ2v) is 10.2. The summed E-state index contributed by atoms with van der Waals surface area (Å²) in [4.78, 5) is 6.88.